The molecule has 0 radical (unpaired) electrons. The summed E-state index contributed by atoms with van der Waals surface area (Å²) in [6.07, 6.45) is 2.83. The van der Waals surface area contributed by atoms with Crippen LogP contribution >= 0.6 is 46.6 Å². The molecule has 0 aliphatic carbocycles. The lowest BCUT2D eigenvalue weighted by Gasteiger charge is -2.27. The van der Waals surface area contributed by atoms with Gasteiger partial charge in [-0.1, -0.05) is 95.1 Å². The number of thioether (sulfide) groups is 1. The van der Waals surface area contributed by atoms with Gasteiger partial charge in [0.05, 0.1) is 11.6 Å². The number of ketones is 1. The maximum atomic E-state index is 14.3. The monoisotopic (exact) mass is 629 g/mol. The Balaban J connectivity index is 1.76. The molecule has 5 rings (SSSR count). The Morgan fingerprint density at radius 1 is 0.929 bits per heavy atom. The van der Waals surface area contributed by atoms with E-state index in [0.29, 0.717) is 31.8 Å². The number of rotatable bonds is 8. The molecule has 2 unspecified atom stereocenters. The molecule has 5 aromatic rings. The zero-order chi connectivity index (χ0) is 29.8. The summed E-state index contributed by atoms with van der Waals surface area (Å²) in [5.74, 6) is -0.383. The third-order valence-electron chi connectivity index (χ3n) is 6.37. The zero-order valence-electron chi connectivity index (χ0n) is 21.4. The minimum Gasteiger partial charge on any atom is -0.383 e. The first-order valence-corrected chi connectivity index (χ1v) is 14.3. The number of pyridine rings is 1. The van der Waals surface area contributed by atoms with E-state index in [4.69, 9.17) is 40.5 Å². The standard InChI is InChI=1S/C30H18Cl3N7OS/c31-19-8-4-7-18(11-19)25-22(13-34)29(36)39-30(23(25)14-35)42-28(27(41)17-5-2-1-3-6-17)26(40-16-37-15-38-40)21-10-9-20(32)12-24(21)33/h1-12,15-16,26,28H,(H2,36,39). The number of Topliss-reactive ketones (excluding diaryl/α,β-unsaturated/α-hetero) is 1. The van der Waals surface area contributed by atoms with Crippen LogP contribution in [0.2, 0.25) is 15.1 Å². The second kappa shape index (κ2) is 12.6. The predicted octanol–water partition coefficient (Wildman–Crippen LogP) is 7.26. The molecule has 0 fully saturated rings. The summed E-state index contributed by atoms with van der Waals surface area (Å²) in [5.41, 5.74) is 8.11. The third kappa shape index (κ3) is 5.82. The summed E-state index contributed by atoms with van der Waals surface area (Å²) in [7, 11) is 0. The van der Waals surface area contributed by atoms with Crippen molar-refractivity contribution in [3.8, 4) is 23.3 Å². The van der Waals surface area contributed by atoms with Crippen LogP contribution in [-0.4, -0.2) is 30.8 Å². The number of nitriles is 2. The average Bonchev–Trinajstić information content (AvgIpc) is 3.52. The van der Waals surface area contributed by atoms with Gasteiger partial charge in [-0.05, 0) is 35.4 Å². The molecule has 206 valence electrons. The quantitative estimate of drug-likeness (QED) is 0.140. The number of benzene rings is 3. The molecule has 0 amide bonds. The van der Waals surface area contributed by atoms with Gasteiger partial charge in [-0.3, -0.25) is 4.79 Å². The van der Waals surface area contributed by atoms with E-state index in [0.717, 1.165) is 11.8 Å². The second-order valence-corrected chi connectivity index (χ2v) is 11.3. The molecule has 2 aromatic heterocycles. The highest BCUT2D eigenvalue weighted by molar-refractivity contribution is 8.00. The molecule has 42 heavy (non-hydrogen) atoms. The molecular weight excluding hydrogens is 613 g/mol. The Kier molecular flexibility index (Phi) is 8.77. The summed E-state index contributed by atoms with van der Waals surface area (Å²) >= 11 is 20.1. The summed E-state index contributed by atoms with van der Waals surface area (Å²) in [5, 5.41) is 25.0. The number of carbonyl (C=O) groups is 1. The molecule has 2 N–H and O–H groups in total. The van der Waals surface area contributed by atoms with Crippen LogP contribution in [0.1, 0.15) is 33.1 Å². The first kappa shape index (κ1) is 29.1. The highest BCUT2D eigenvalue weighted by atomic mass is 35.5. The molecule has 0 saturated carbocycles. The number of nitrogens with two attached hydrogens (primary N) is 1. The fraction of sp³-hybridized carbons (Fsp3) is 0.0667. The number of nitrogen functional groups attached to an aromatic ring is 1. The van der Waals surface area contributed by atoms with Gasteiger partial charge < -0.3 is 5.73 Å². The third-order valence-corrected chi connectivity index (χ3v) is 8.42. The number of hydrogen-bond donors (Lipinski definition) is 1. The number of anilines is 1. The van der Waals surface area contributed by atoms with Crippen molar-refractivity contribution < 1.29 is 4.79 Å². The van der Waals surface area contributed by atoms with Gasteiger partial charge in [0.2, 0.25) is 0 Å². The Morgan fingerprint density at radius 2 is 1.67 bits per heavy atom. The molecule has 0 bridgehead atoms. The van der Waals surface area contributed by atoms with Gasteiger partial charge in [0.25, 0.3) is 0 Å². The van der Waals surface area contributed by atoms with Crippen LogP contribution in [0.15, 0.2) is 90.5 Å². The first-order chi connectivity index (χ1) is 20.3. The van der Waals surface area contributed by atoms with E-state index in [-0.39, 0.29) is 33.3 Å². The summed E-state index contributed by atoms with van der Waals surface area (Å²) < 4.78 is 1.52. The van der Waals surface area contributed by atoms with E-state index in [2.05, 4.69) is 27.2 Å². The number of halogens is 3. The predicted molar refractivity (Wildman–Crippen MR) is 164 cm³/mol. The van der Waals surface area contributed by atoms with Gasteiger partial charge in [-0.2, -0.15) is 15.6 Å². The van der Waals surface area contributed by atoms with E-state index in [1.54, 1.807) is 72.8 Å². The largest absolute Gasteiger partial charge is 0.383 e. The second-order valence-electron chi connectivity index (χ2n) is 8.92. The lowest BCUT2D eigenvalue weighted by atomic mass is 9.97. The van der Waals surface area contributed by atoms with Crippen LogP contribution in [0.5, 0.6) is 0 Å². The highest BCUT2D eigenvalue weighted by Gasteiger charge is 2.36. The molecule has 0 aliphatic rings. The lowest BCUT2D eigenvalue weighted by Crippen LogP contribution is -2.31. The molecule has 12 heteroatoms. The molecular formula is C30H18Cl3N7OS. The number of aromatic nitrogens is 4. The highest BCUT2D eigenvalue weighted by Crippen LogP contribution is 2.43. The summed E-state index contributed by atoms with van der Waals surface area (Å²) in [4.78, 5) is 22.8. The minimum absolute atomic E-state index is 0.0256. The van der Waals surface area contributed by atoms with Crippen molar-refractivity contribution in [1.82, 2.24) is 19.7 Å². The van der Waals surface area contributed by atoms with Crippen molar-refractivity contribution in [2.75, 3.05) is 5.73 Å². The number of carbonyl (C=O) groups excluding carboxylic acids is 1. The van der Waals surface area contributed by atoms with E-state index in [1.165, 1.54) is 17.3 Å². The van der Waals surface area contributed by atoms with Crippen molar-refractivity contribution in [2.24, 2.45) is 0 Å². The lowest BCUT2D eigenvalue weighted by molar-refractivity contribution is 0.0975. The van der Waals surface area contributed by atoms with Crippen LogP contribution in [0.4, 0.5) is 5.82 Å². The molecule has 8 nitrogen and oxygen atoms in total. The van der Waals surface area contributed by atoms with Gasteiger partial charge in [0, 0.05) is 26.2 Å². The first-order valence-electron chi connectivity index (χ1n) is 12.3. The normalized spacial score (nSPS) is 12.2. The Bertz CT molecular complexity index is 1870. The summed E-state index contributed by atoms with van der Waals surface area (Å²) in [6, 6.07) is 23.8. The number of hydrogen-bond acceptors (Lipinski definition) is 8. The smallest absolute Gasteiger partial charge is 0.178 e. The fourth-order valence-corrected chi connectivity index (χ4v) is 6.52. The molecule has 0 saturated heterocycles. The maximum absolute atomic E-state index is 14.3. The zero-order valence-corrected chi connectivity index (χ0v) is 24.5. The fourth-order valence-electron chi connectivity index (χ4n) is 4.51. The van der Waals surface area contributed by atoms with Crippen molar-refractivity contribution in [3.05, 3.63) is 123 Å². The molecule has 3 aromatic carbocycles. The van der Waals surface area contributed by atoms with Crippen molar-refractivity contribution in [3.63, 3.8) is 0 Å². The maximum Gasteiger partial charge on any atom is 0.178 e. The van der Waals surface area contributed by atoms with Crippen LogP contribution in [0.25, 0.3) is 11.1 Å². The van der Waals surface area contributed by atoms with Crippen LogP contribution in [0, 0.1) is 22.7 Å². The van der Waals surface area contributed by atoms with Crippen molar-refractivity contribution >= 4 is 58.2 Å². The topological polar surface area (TPSA) is 134 Å². The molecule has 0 spiro atoms. The van der Waals surface area contributed by atoms with Crippen LogP contribution in [-0.2, 0) is 0 Å². The van der Waals surface area contributed by atoms with Gasteiger partial charge >= 0.3 is 0 Å². The van der Waals surface area contributed by atoms with Crippen molar-refractivity contribution in [1.29, 1.82) is 10.5 Å². The minimum atomic E-state index is -0.980. The van der Waals surface area contributed by atoms with Crippen LogP contribution in [0.3, 0.4) is 0 Å². The van der Waals surface area contributed by atoms with E-state index in [1.807, 2.05) is 0 Å². The summed E-state index contributed by atoms with van der Waals surface area (Å²) in [6.45, 7) is 0. The van der Waals surface area contributed by atoms with Gasteiger partial charge in [0.15, 0.2) is 5.78 Å². The van der Waals surface area contributed by atoms with Crippen LogP contribution < -0.4 is 5.73 Å². The SMILES string of the molecule is N#Cc1c(N)nc(SC(C(=O)c2ccccc2)C(c2ccc(Cl)cc2Cl)n2cncn2)c(C#N)c1-c1cccc(Cl)c1. The molecule has 2 heterocycles. The van der Waals surface area contributed by atoms with E-state index < -0.39 is 11.3 Å². The van der Waals surface area contributed by atoms with Gasteiger partial charge in [0.1, 0.15) is 46.5 Å². The van der Waals surface area contributed by atoms with Gasteiger partial charge in [-0.15, -0.1) is 0 Å². The number of nitrogens with zero attached hydrogens (tertiary/aromatic N) is 6. The van der Waals surface area contributed by atoms with Gasteiger partial charge in [-0.25, -0.2) is 14.6 Å². The van der Waals surface area contributed by atoms with E-state index >= 15 is 0 Å². The Morgan fingerprint density at radius 3 is 2.31 bits per heavy atom. The average molecular weight is 631 g/mol. The van der Waals surface area contributed by atoms with Crippen molar-refractivity contribution in [2.45, 2.75) is 16.3 Å². The Labute approximate surface area is 260 Å². The molecule has 0 aliphatic heterocycles. The molecule has 2 atom stereocenters. The Hall–Kier alpha value is -4.38. The van der Waals surface area contributed by atoms with E-state index in [9.17, 15) is 15.3 Å².